The normalized spacial score (nSPS) is 12.7. The van der Waals surface area contributed by atoms with Crippen LogP contribution in [-0.2, 0) is 6.18 Å². The van der Waals surface area contributed by atoms with Gasteiger partial charge in [-0.05, 0) is 17.7 Å². The van der Waals surface area contributed by atoms with Crippen molar-refractivity contribution in [2.45, 2.75) is 12.2 Å². The lowest BCUT2D eigenvalue weighted by molar-refractivity contribution is -0.138. The molecular formula is C15H13F3N2O2. The van der Waals surface area contributed by atoms with Gasteiger partial charge >= 0.3 is 6.18 Å². The van der Waals surface area contributed by atoms with Crippen LogP contribution in [0.2, 0.25) is 0 Å². The van der Waals surface area contributed by atoms with Crippen LogP contribution in [0.3, 0.4) is 0 Å². The molecule has 0 saturated heterocycles. The van der Waals surface area contributed by atoms with Crippen LogP contribution in [-0.4, -0.2) is 22.6 Å². The number of amides is 1. The molecule has 1 aromatic carbocycles. The second-order valence-electron chi connectivity index (χ2n) is 4.52. The summed E-state index contributed by atoms with van der Waals surface area (Å²) in [7, 11) is 0. The van der Waals surface area contributed by atoms with Crippen molar-refractivity contribution in [2.24, 2.45) is 0 Å². The SMILES string of the molecule is O=C(N[C@H](CO)c1ccccc1)c1ncccc1C(F)(F)F. The number of aromatic nitrogens is 1. The Morgan fingerprint density at radius 3 is 2.45 bits per heavy atom. The molecule has 0 aliphatic heterocycles. The van der Waals surface area contributed by atoms with Crippen molar-refractivity contribution in [3.63, 3.8) is 0 Å². The monoisotopic (exact) mass is 310 g/mol. The lowest BCUT2D eigenvalue weighted by Gasteiger charge is -2.18. The lowest BCUT2D eigenvalue weighted by atomic mass is 10.1. The van der Waals surface area contributed by atoms with Gasteiger partial charge in [0.05, 0.1) is 18.2 Å². The third-order valence-electron chi connectivity index (χ3n) is 3.02. The Morgan fingerprint density at radius 1 is 1.18 bits per heavy atom. The zero-order chi connectivity index (χ0) is 16.2. The van der Waals surface area contributed by atoms with E-state index in [4.69, 9.17) is 0 Å². The molecule has 4 nitrogen and oxygen atoms in total. The van der Waals surface area contributed by atoms with Crippen LogP contribution in [0.4, 0.5) is 13.2 Å². The van der Waals surface area contributed by atoms with E-state index in [1.54, 1.807) is 30.3 Å². The third kappa shape index (κ3) is 3.62. The Kier molecular flexibility index (Phi) is 4.77. The number of pyridine rings is 1. The van der Waals surface area contributed by atoms with Gasteiger partial charge in [0.1, 0.15) is 5.69 Å². The van der Waals surface area contributed by atoms with E-state index in [0.29, 0.717) is 5.56 Å². The fourth-order valence-electron chi connectivity index (χ4n) is 1.96. The first kappa shape index (κ1) is 16.0. The summed E-state index contributed by atoms with van der Waals surface area (Å²) in [4.78, 5) is 15.6. The highest BCUT2D eigenvalue weighted by Gasteiger charge is 2.36. The van der Waals surface area contributed by atoms with Crippen molar-refractivity contribution in [1.82, 2.24) is 10.3 Å². The topological polar surface area (TPSA) is 62.2 Å². The molecule has 0 bridgehead atoms. The highest BCUT2D eigenvalue weighted by molar-refractivity contribution is 5.94. The first-order valence-corrected chi connectivity index (χ1v) is 6.42. The Hall–Kier alpha value is -2.41. The van der Waals surface area contributed by atoms with Gasteiger partial charge in [-0.15, -0.1) is 0 Å². The second-order valence-corrected chi connectivity index (χ2v) is 4.52. The fourth-order valence-corrected chi connectivity index (χ4v) is 1.96. The maximum atomic E-state index is 12.9. The highest BCUT2D eigenvalue weighted by Crippen LogP contribution is 2.31. The number of carbonyl (C=O) groups is 1. The number of rotatable bonds is 4. The Morgan fingerprint density at radius 2 is 1.86 bits per heavy atom. The van der Waals surface area contributed by atoms with Crippen molar-refractivity contribution in [1.29, 1.82) is 0 Å². The van der Waals surface area contributed by atoms with E-state index in [1.807, 2.05) is 0 Å². The van der Waals surface area contributed by atoms with Crippen molar-refractivity contribution >= 4 is 5.91 Å². The molecule has 2 aromatic rings. The summed E-state index contributed by atoms with van der Waals surface area (Å²) in [6.07, 6.45) is -3.57. The van der Waals surface area contributed by atoms with E-state index < -0.39 is 36.0 Å². The van der Waals surface area contributed by atoms with Crippen LogP contribution < -0.4 is 5.32 Å². The lowest BCUT2D eigenvalue weighted by Crippen LogP contribution is -2.33. The summed E-state index contributed by atoms with van der Waals surface area (Å²) in [5.41, 5.74) is -1.25. The molecule has 0 spiro atoms. The van der Waals surface area contributed by atoms with Gasteiger partial charge < -0.3 is 10.4 Å². The Balaban J connectivity index is 2.26. The molecule has 0 aliphatic rings. The predicted molar refractivity (Wildman–Crippen MR) is 73.0 cm³/mol. The summed E-state index contributed by atoms with van der Waals surface area (Å²) in [5, 5.41) is 11.7. The van der Waals surface area contributed by atoms with Gasteiger partial charge in [-0.3, -0.25) is 9.78 Å². The first-order valence-electron chi connectivity index (χ1n) is 6.42. The molecule has 2 N–H and O–H groups in total. The van der Waals surface area contributed by atoms with Gasteiger partial charge in [0.25, 0.3) is 5.91 Å². The minimum absolute atomic E-state index is 0.441. The first-order chi connectivity index (χ1) is 10.4. The summed E-state index contributed by atoms with van der Waals surface area (Å²) >= 11 is 0. The summed E-state index contributed by atoms with van der Waals surface area (Å²) in [6, 6.07) is 9.56. The molecule has 1 heterocycles. The van der Waals surface area contributed by atoms with Gasteiger partial charge in [0.15, 0.2) is 0 Å². The van der Waals surface area contributed by atoms with Crippen LogP contribution in [0.1, 0.15) is 27.7 Å². The quantitative estimate of drug-likeness (QED) is 0.912. The number of aliphatic hydroxyl groups is 1. The van der Waals surface area contributed by atoms with E-state index >= 15 is 0 Å². The van der Waals surface area contributed by atoms with Crippen LogP contribution in [0.15, 0.2) is 48.7 Å². The number of alkyl halides is 3. The third-order valence-corrected chi connectivity index (χ3v) is 3.02. The van der Waals surface area contributed by atoms with Crippen LogP contribution in [0.5, 0.6) is 0 Å². The number of nitrogens with one attached hydrogen (secondary N) is 1. The molecule has 2 rings (SSSR count). The maximum Gasteiger partial charge on any atom is 0.418 e. The summed E-state index contributed by atoms with van der Waals surface area (Å²) in [5.74, 6) is -0.990. The van der Waals surface area contributed by atoms with Gasteiger partial charge in [-0.2, -0.15) is 13.2 Å². The minimum Gasteiger partial charge on any atom is -0.394 e. The summed E-state index contributed by atoms with van der Waals surface area (Å²) in [6.45, 7) is -0.441. The number of nitrogens with zero attached hydrogens (tertiary/aromatic N) is 1. The van der Waals surface area contributed by atoms with Crippen molar-refractivity contribution in [2.75, 3.05) is 6.61 Å². The molecular weight excluding hydrogens is 297 g/mol. The number of halogens is 3. The van der Waals surface area contributed by atoms with Gasteiger partial charge in [0, 0.05) is 6.20 Å². The highest BCUT2D eigenvalue weighted by atomic mass is 19.4. The molecule has 0 fully saturated rings. The average molecular weight is 310 g/mol. The van der Waals surface area contributed by atoms with E-state index in [-0.39, 0.29) is 0 Å². The van der Waals surface area contributed by atoms with Crippen LogP contribution >= 0.6 is 0 Å². The van der Waals surface area contributed by atoms with Gasteiger partial charge in [0.2, 0.25) is 0 Å². The van der Waals surface area contributed by atoms with E-state index in [0.717, 1.165) is 18.3 Å². The largest absolute Gasteiger partial charge is 0.418 e. The number of hydrogen-bond acceptors (Lipinski definition) is 3. The smallest absolute Gasteiger partial charge is 0.394 e. The molecule has 1 amide bonds. The molecule has 0 unspecified atom stereocenters. The Bertz CT molecular complexity index is 645. The van der Waals surface area contributed by atoms with Crippen molar-refractivity contribution in [3.05, 3.63) is 65.5 Å². The zero-order valence-electron chi connectivity index (χ0n) is 11.3. The number of carbonyl (C=O) groups excluding carboxylic acids is 1. The summed E-state index contributed by atoms with van der Waals surface area (Å²) < 4.78 is 38.6. The molecule has 0 saturated carbocycles. The van der Waals surface area contributed by atoms with Crippen molar-refractivity contribution in [3.8, 4) is 0 Å². The average Bonchev–Trinajstić information content (AvgIpc) is 2.52. The van der Waals surface area contributed by atoms with E-state index in [9.17, 15) is 23.1 Å². The molecule has 1 atom stereocenters. The minimum atomic E-state index is -4.68. The molecule has 1 aromatic heterocycles. The van der Waals surface area contributed by atoms with Gasteiger partial charge in [-0.25, -0.2) is 0 Å². The maximum absolute atomic E-state index is 12.9. The molecule has 116 valence electrons. The number of aliphatic hydroxyl groups excluding tert-OH is 1. The molecule has 0 aliphatic carbocycles. The van der Waals surface area contributed by atoms with Crippen LogP contribution in [0, 0.1) is 0 Å². The van der Waals surface area contributed by atoms with Crippen LogP contribution in [0.25, 0.3) is 0 Å². The van der Waals surface area contributed by atoms with Gasteiger partial charge in [-0.1, -0.05) is 30.3 Å². The molecule has 0 radical (unpaired) electrons. The number of benzene rings is 1. The molecule has 22 heavy (non-hydrogen) atoms. The molecule has 7 heteroatoms. The van der Waals surface area contributed by atoms with E-state index in [1.165, 1.54) is 0 Å². The standard InChI is InChI=1S/C15H13F3N2O2/c16-15(17,18)11-7-4-8-19-13(11)14(22)20-12(9-21)10-5-2-1-3-6-10/h1-8,12,21H,9H2,(H,20,22)/t12-/m1/s1. The fraction of sp³-hybridized carbons (Fsp3) is 0.200. The van der Waals surface area contributed by atoms with E-state index in [2.05, 4.69) is 10.3 Å². The number of hydrogen-bond donors (Lipinski definition) is 2. The van der Waals surface area contributed by atoms with Crippen molar-refractivity contribution < 1.29 is 23.1 Å². The zero-order valence-corrected chi connectivity index (χ0v) is 11.3. The predicted octanol–water partition coefficient (Wildman–Crippen LogP) is 2.56. The second kappa shape index (κ2) is 6.57. The Labute approximate surface area is 124 Å².